The van der Waals surface area contributed by atoms with Crippen LogP contribution in [0.1, 0.15) is 35.8 Å². The summed E-state index contributed by atoms with van der Waals surface area (Å²) < 4.78 is 50.7. The first-order chi connectivity index (χ1) is 12.3. The lowest BCUT2D eigenvalue weighted by atomic mass is 10.0. The minimum Gasteiger partial charge on any atom is -0.349 e. The third-order valence-corrected chi connectivity index (χ3v) is 4.45. The van der Waals surface area contributed by atoms with Gasteiger partial charge in [0.05, 0.1) is 24.3 Å². The third kappa shape index (κ3) is 4.57. The van der Waals surface area contributed by atoms with Crippen LogP contribution in [0.4, 0.5) is 13.2 Å². The van der Waals surface area contributed by atoms with E-state index in [0.29, 0.717) is 18.7 Å². The van der Waals surface area contributed by atoms with E-state index in [1.54, 1.807) is 6.92 Å². The van der Waals surface area contributed by atoms with Crippen molar-refractivity contribution in [2.75, 3.05) is 13.2 Å². The molecule has 1 aliphatic heterocycles. The Bertz CT molecular complexity index is 739. The number of halogens is 4. The van der Waals surface area contributed by atoms with E-state index in [2.05, 4.69) is 5.32 Å². The highest BCUT2D eigenvalue weighted by Crippen LogP contribution is 2.35. The number of hydrogen-bond donors (Lipinski definition) is 1. The molecule has 0 bridgehead atoms. The van der Waals surface area contributed by atoms with Crippen LogP contribution >= 0.6 is 11.6 Å². The molecule has 0 spiro atoms. The fraction of sp³-hybridized carbons (Fsp3) is 0.368. The van der Waals surface area contributed by atoms with Crippen LogP contribution in [0.25, 0.3) is 0 Å². The van der Waals surface area contributed by atoms with Gasteiger partial charge in [-0.05, 0) is 36.2 Å². The van der Waals surface area contributed by atoms with Crippen molar-refractivity contribution >= 4 is 11.6 Å². The quantitative estimate of drug-likeness (QED) is 0.792. The zero-order valence-corrected chi connectivity index (χ0v) is 14.8. The van der Waals surface area contributed by atoms with Gasteiger partial charge in [0.25, 0.3) is 0 Å². The number of alkyl halides is 3. The van der Waals surface area contributed by atoms with E-state index in [9.17, 15) is 13.2 Å². The highest BCUT2D eigenvalue weighted by molar-refractivity contribution is 6.30. The Morgan fingerprint density at radius 1 is 1.19 bits per heavy atom. The highest BCUT2D eigenvalue weighted by Gasteiger charge is 2.33. The van der Waals surface area contributed by atoms with Crippen molar-refractivity contribution in [3.8, 4) is 0 Å². The molecule has 3 nitrogen and oxygen atoms in total. The van der Waals surface area contributed by atoms with E-state index in [4.69, 9.17) is 21.1 Å². The first-order valence-corrected chi connectivity index (χ1v) is 8.65. The summed E-state index contributed by atoms with van der Waals surface area (Å²) in [6.45, 7) is 2.82. The van der Waals surface area contributed by atoms with E-state index in [0.717, 1.165) is 17.7 Å². The maximum Gasteiger partial charge on any atom is 0.416 e. The fourth-order valence-electron chi connectivity index (χ4n) is 2.93. The van der Waals surface area contributed by atoms with Gasteiger partial charge < -0.3 is 14.8 Å². The largest absolute Gasteiger partial charge is 0.416 e. The van der Waals surface area contributed by atoms with Crippen molar-refractivity contribution in [2.24, 2.45) is 0 Å². The Labute approximate surface area is 155 Å². The summed E-state index contributed by atoms with van der Waals surface area (Å²) in [5.74, 6) is 0. The summed E-state index contributed by atoms with van der Waals surface area (Å²) >= 11 is 5.87. The van der Waals surface area contributed by atoms with Gasteiger partial charge in [-0.3, -0.25) is 0 Å². The van der Waals surface area contributed by atoms with Gasteiger partial charge >= 0.3 is 6.18 Å². The molecule has 0 aliphatic carbocycles. The number of ether oxygens (including phenoxy) is 2. The zero-order valence-electron chi connectivity index (χ0n) is 14.1. The molecule has 0 saturated carbocycles. The molecule has 3 atom stereocenters. The summed E-state index contributed by atoms with van der Waals surface area (Å²) in [6.07, 6.45) is -5.70. The van der Waals surface area contributed by atoms with Crippen LogP contribution in [-0.4, -0.2) is 19.4 Å². The minimum atomic E-state index is -4.46. The molecule has 140 valence electrons. The van der Waals surface area contributed by atoms with Gasteiger partial charge in [0.2, 0.25) is 0 Å². The number of rotatable bonds is 4. The van der Waals surface area contributed by atoms with Crippen LogP contribution in [0.15, 0.2) is 48.5 Å². The molecule has 2 aromatic carbocycles. The molecule has 26 heavy (non-hydrogen) atoms. The predicted molar refractivity (Wildman–Crippen MR) is 92.9 cm³/mol. The fourth-order valence-corrected chi connectivity index (χ4v) is 3.17. The van der Waals surface area contributed by atoms with E-state index in [1.165, 1.54) is 6.07 Å². The molecule has 1 fully saturated rings. The molecule has 2 unspecified atom stereocenters. The van der Waals surface area contributed by atoms with Crippen LogP contribution in [0.5, 0.6) is 0 Å². The average Bonchev–Trinajstić information content (AvgIpc) is 2.61. The number of hydrogen-bond acceptors (Lipinski definition) is 3. The van der Waals surface area contributed by atoms with Crippen LogP contribution in [0.2, 0.25) is 5.02 Å². The second kappa shape index (κ2) is 7.96. The van der Waals surface area contributed by atoms with Gasteiger partial charge in [-0.1, -0.05) is 41.9 Å². The third-order valence-electron chi connectivity index (χ3n) is 4.23. The topological polar surface area (TPSA) is 30.5 Å². The van der Waals surface area contributed by atoms with Gasteiger partial charge in [0, 0.05) is 11.6 Å². The van der Waals surface area contributed by atoms with E-state index in [-0.39, 0.29) is 11.1 Å². The second-order valence-electron chi connectivity index (χ2n) is 6.13. The molecule has 1 aliphatic rings. The zero-order chi connectivity index (χ0) is 18.7. The average molecular weight is 386 g/mol. The summed E-state index contributed by atoms with van der Waals surface area (Å²) in [5.41, 5.74) is 0.551. The number of benzene rings is 2. The van der Waals surface area contributed by atoms with Crippen LogP contribution < -0.4 is 5.32 Å². The summed E-state index contributed by atoms with van der Waals surface area (Å²) in [4.78, 5) is 0. The molecule has 0 amide bonds. The van der Waals surface area contributed by atoms with E-state index in [1.807, 2.05) is 30.3 Å². The Kier molecular flexibility index (Phi) is 5.87. The maximum atomic E-state index is 13.0. The van der Waals surface area contributed by atoms with Gasteiger partial charge in [-0.15, -0.1) is 0 Å². The molecule has 1 saturated heterocycles. The van der Waals surface area contributed by atoms with Crippen molar-refractivity contribution in [2.45, 2.75) is 31.5 Å². The summed E-state index contributed by atoms with van der Waals surface area (Å²) in [5, 5.41) is 3.35. The summed E-state index contributed by atoms with van der Waals surface area (Å²) in [6, 6.07) is 12.9. The van der Waals surface area contributed by atoms with E-state index < -0.39 is 24.1 Å². The maximum absolute atomic E-state index is 13.0. The molecule has 0 aromatic heterocycles. The van der Waals surface area contributed by atoms with Crippen molar-refractivity contribution < 1.29 is 22.6 Å². The van der Waals surface area contributed by atoms with Crippen LogP contribution in [-0.2, 0) is 15.7 Å². The predicted octanol–water partition coefficient (Wildman–Crippen LogP) is 5.12. The molecular weight excluding hydrogens is 367 g/mol. The smallest absolute Gasteiger partial charge is 0.349 e. The number of morpholine rings is 1. The molecule has 1 N–H and O–H groups in total. The normalized spacial score (nSPS) is 22.2. The molecular formula is C19H19ClF3NO2. The molecule has 0 radical (unpaired) electrons. The highest BCUT2D eigenvalue weighted by atomic mass is 35.5. The van der Waals surface area contributed by atoms with Crippen LogP contribution in [0, 0.1) is 0 Å². The second-order valence-corrected chi connectivity index (χ2v) is 6.57. The Morgan fingerprint density at radius 3 is 2.62 bits per heavy atom. The molecule has 3 rings (SSSR count). The lowest BCUT2D eigenvalue weighted by Crippen LogP contribution is -2.43. The SMILES string of the molecule is C[C@@H](OC1OCCNC1c1ccccc1)c1cc(Cl)cc(C(F)(F)F)c1. The van der Waals surface area contributed by atoms with Crippen molar-refractivity contribution in [3.05, 3.63) is 70.2 Å². The lowest BCUT2D eigenvalue weighted by Gasteiger charge is -2.34. The van der Waals surface area contributed by atoms with Crippen molar-refractivity contribution in [3.63, 3.8) is 0 Å². The van der Waals surface area contributed by atoms with Gasteiger partial charge in [0.15, 0.2) is 6.29 Å². The lowest BCUT2D eigenvalue weighted by molar-refractivity contribution is -0.200. The molecule has 7 heteroatoms. The van der Waals surface area contributed by atoms with Crippen LogP contribution in [0.3, 0.4) is 0 Å². The first-order valence-electron chi connectivity index (χ1n) is 8.27. The Balaban J connectivity index is 1.80. The van der Waals surface area contributed by atoms with Gasteiger partial charge in [0.1, 0.15) is 0 Å². The van der Waals surface area contributed by atoms with Gasteiger partial charge in [-0.2, -0.15) is 13.2 Å². The van der Waals surface area contributed by atoms with E-state index >= 15 is 0 Å². The Morgan fingerprint density at radius 2 is 1.92 bits per heavy atom. The molecule has 2 aromatic rings. The van der Waals surface area contributed by atoms with Gasteiger partial charge in [-0.25, -0.2) is 0 Å². The Hall–Kier alpha value is -1.60. The monoisotopic (exact) mass is 385 g/mol. The van der Waals surface area contributed by atoms with Crippen molar-refractivity contribution in [1.29, 1.82) is 0 Å². The van der Waals surface area contributed by atoms with Crippen molar-refractivity contribution in [1.82, 2.24) is 5.32 Å². The minimum absolute atomic E-state index is 0.0209. The molecule has 1 heterocycles. The first kappa shape index (κ1) is 19.2. The standard InChI is InChI=1S/C19H19ClF3NO2/c1-12(14-9-15(19(21,22)23)11-16(20)10-14)26-18-17(24-7-8-25-18)13-5-3-2-4-6-13/h2-6,9-12,17-18,24H,7-8H2,1H3/t12-,17?,18?/m1/s1. The number of nitrogens with one attached hydrogen (secondary N) is 1. The summed E-state index contributed by atoms with van der Waals surface area (Å²) in [7, 11) is 0.